The number of hydrogen-bond acceptors (Lipinski definition) is 5. The van der Waals surface area contributed by atoms with Gasteiger partial charge in [-0.15, -0.1) is 0 Å². The van der Waals surface area contributed by atoms with Gasteiger partial charge in [-0.3, -0.25) is 0 Å². The second-order valence-corrected chi connectivity index (χ2v) is 5.75. The highest BCUT2D eigenvalue weighted by atomic mass is 19.1. The zero-order chi connectivity index (χ0) is 16.2. The van der Waals surface area contributed by atoms with Gasteiger partial charge in [-0.05, 0) is 12.1 Å². The number of carbonyl (C=O) groups excluding carboxylic acids is 1. The van der Waals surface area contributed by atoms with Gasteiger partial charge in [0.25, 0.3) is 0 Å². The molecular weight excluding hydrogens is 289 g/mol. The van der Waals surface area contributed by atoms with Gasteiger partial charge in [0.15, 0.2) is 24.8 Å². The van der Waals surface area contributed by atoms with Crippen molar-refractivity contribution in [3.63, 3.8) is 0 Å². The zero-order valence-corrected chi connectivity index (χ0v) is 12.8. The lowest BCUT2D eigenvalue weighted by Crippen LogP contribution is -2.15. The van der Waals surface area contributed by atoms with Crippen LogP contribution >= 0.6 is 0 Å². The predicted octanol–water partition coefficient (Wildman–Crippen LogP) is 3.23. The molecule has 0 bridgehead atoms. The minimum absolute atomic E-state index is 0.00518. The third-order valence-electron chi connectivity index (χ3n) is 2.83. The predicted molar refractivity (Wildman–Crippen MR) is 76.9 cm³/mol. The van der Waals surface area contributed by atoms with Crippen LogP contribution in [-0.2, 0) is 21.6 Å². The molecule has 0 N–H and O–H groups in total. The van der Waals surface area contributed by atoms with E-state index in [1.807, 2.05) is 20.8 Å². The number of benzene rings is 1. The highest BCUT2D eigenvalue weighted by Crippen LogP contribution is 2.22. The van der Waals surface area contributed by atoms with Gasteiger partial charge in [0.05, 0.1) is 6.20 Å². The topological polar surface area (TPSA) is 61.6 Å². The maximum absolute atomic E-state index is 13.3. The molecule has 118 valence electrons. The summed E-state index contributed by atoms with van der Waals surface area (Å²) in [5, 5.41) is 0. The van der Waals surface area contributed by atoms with Gasteiger partial charge in [-0.25, -0.2) is 14.2 Å². The Morgan fingerprint density at radius 1 is 1.32 bits per heavy atom. The molecule has 2 rings (SSSR count). The van der Waals surface area contributed by atoms with Crippen molar-refractivity contribution in [3.05, 3.63) is 47.9 Å². The number of halogens is 1. The average molecular weight is 307 g/mol. The summed E-state index contributed by atoms with van der Waals surface area (Å²) in [6.45, 7) is 5.51. The fourth-order valence-electron chi connectivity index (χ4n) is 1.61. The number of nitrogens with zero attached hydrogens (tertiary/aromatic N) is 1. The Kier molecular flexibility index (Phi) is 4.80. The van der Waals surface area contributed by atoms with Crippen molar-refractivity contribution in [2.45, 2.75) is 32.8 Å². The largest absolute Gasteiger partial charge is 0.479 e. The molecule has 1 heterocycles. The summed E-state index contributed by atoms with van der Waals surface area (Å²) in [7, 11) is 0. The monoisotopic (exact) mass is 307 g/mol. The molecule has 0 saturated heterocycles. The van der Waals surface area contributed by atoms with E-state index in [-0.39, 0.29) is 24.4 Å². The summed E-state index contributed by atoms with van der Waals surface area (Å²) >= 11 is 0. The molecule has 0 unspecified atom stereocenters. The third kappa shape index (κ3) is 4.31. The Morgan fingerprint density at radius 3 is 2.68 bits per heavy atom. The summed E-state index contributed by atoms with van der Waals surface area (Å²) in [6, 6.07) is 5.84. The van der Waals surface area contributed by atoms with Crippen molar-refractivity contribution in [3.8, 4) is 5.75 Å². The van der Waals surface area contributed by atoms with E-state index < -0.39 is 11.8 Å². The van der Waals surface area contributed by atoms with Crippen LogP contribution in [0.4, 0.5) is 4.39 Å². The Balaban J connectivity index is 1.81. The van der Waals surface area contributed by atoms with Gasteiger partial charge >= 0.3 is 5.97 Å². The van der Waals surface area contributed by atoms with Crippen LogP contribution in [0.1, 0.15) is 32.4 Å². The summed E-state index contributed by atoms with van der Waals surface area (Å²) in [4.78, 5) is 15.6. The molecule has 0 atom stereocenters. The van der Waals surface area contributed by atoms with Crippen LogP contribution < -0.4 is 4.74 Å². The number of para-hydroxylation sites is 1. The second-order valence-electron chi connectivity index (χ2n) is 5.75. The van der Waals surface area contributed by atoms with E-state index >= 15 is 0 Å². The van der Waals surface area contributed by atoms with E-state index in [2.05, 4.69) is 4.98 Å². The highest BCUT2D eigenvalue weighted by Gasteiger charge is 2.19. The number of carbonyl (C=O) groups is 1. The van der Waals surface area contributed by atoms with E-state index in [1.165, 1.54) is 18.2 Å². The molecule has 6 heteroatoms. The first kappa shape index (κ1) is 16.0. The normalized spacial score (nSPS) is 11.3. The Labute approximate surface area is 128 Å². The van der Waals surface area contributed by atoms with Gasteiger partial charge in [0.2, 0.25) is 5.89 Å². The smallest absolute Gasteiger partial charge is 0.344 e. The molecule has 0 aliphatic heterocycles. The van der Waals surface area contributed by atoms with E-state index in [0.717, 1.165) is 0 Å². The lowest BCUT2D eigenvalue weighted by molar-refractivity contribution is -0.148. The first-order valence-electron chi connectivity index (χ1n) is 6.84. The van der Waals surface area contributed by atoms with Crippen molar-refractivity contribution in [1.82, 2.24) is 4.98 Å². The van der Waals surface area contributed by atoms with Crippen LogP contribution in [0.25, 0.3) is 0 Å². The Hall–Kier alpha value is -2.37. The van der Waals surface area contributed by atoms with Gasteiger partial charge in [-0.1, -0.05) is 32.9 Å². The Morgan fingerprint density at radius 2 is 2.05 bits per heavy atom. The number of esters is 1. The van der Waals surface area contributed by atoms with Crippen LogP contribution in [-0.4, -0.2) is 17.6 Å². The average Bonchev–Trinajstić information content (AvgIpc) is 2.93. The van der Waals surface area contributed by atoms with Crippen LogP contribution in [0.2, 0.25) is 0 Å². The summed E-state index contributed by atoms with van der Waals surface area (Å²) in [5.41, 5.74) is -0.163. The molecule has 1 aromatic carbocycles. The maximum atomic E-state index is 13.3. The molecule has 2 aromatic rings. The van der Waals surface area contributed by atoms with Gasteiger partial charge in [0.1, 0.15) is 5.76 Å². The molecule has 1 aromatic heterocycles. The molecule has 0 fully saturated rings. The molecular formula is C16H18FNO4. The van der Waals surface area contributed by atoms with E-state index in [9.17, 15) is 9.18 Å². The lowest BCUT2D eigenvalue weighted by Gasteiger charge is -2.13. The van der Waals surface area contributed by atoms with Gasteiger partial charge < -0.3 is 13.9 Å². The molecule has 22 heavy (non-hydrogen) atoms. The molecule has 0 amide bonds. The van der Waals surface area contributed by atoms with Crippen molar-refractivity contribution in [2.75, 3.05) is 6.61 Å². The Bertz CT molecular complexity index is 646. The first-order valence-corrected chi connectivity index (χ1v) is 6.84. The van der Waals surface area contributed by atoms with Crippen LogP contribution in [0.15, 0.2) is 34.9 Å². The minimum Gasteiger partial charge on any atom is -0.479 e. The molecule has 0 aliphatic rings. The quantitative estimate of drug-likeness (QED) is 0.794. The summed E-state index contributed by atoms with van der Waals surface area (Å²) in [6.07, 6.45) is 1.61. The molecule has 0 radical (unpaired) electrons. The molecule has 0 spiro atoms. The number of hydrogen-bond donors (Lipinski definition) is 0. The lowest BCUT2D eigenvalue weighted by atomic mass is 9.94. The van der Waals surface area contributed by atoms with Gasteiger partial charge in [-0.2, -0.15) is 0 Å². The first-order chi connectivity index (χ1) is 10.4. The SMILES string of the molecule is CC(C)(C)c1cnc(COC(=O)COc2ccccc2F)o1. The van der Waals surface area contributed by atoms with Crippen LogP contribution in [0.3, 0.4) is 0 Å². The van der Waals surface area contributed by atoms with Crippen molar-refractivity contribution < 1.29 is 23.1 Å². The van der Waals surface area contributed by atoms with E-state index in [4.69, 9.17) is 13.9 Å². The highest BCUT2D eigenvalue weighted by molar-refractivity contribution is 5.71. The molecule has 0 aliphatic carbocycles. The molecule has 0 saturated carbocycles. The number of aromatic nitrogens is 1. The minimum atomic E-state index is -0.626. The van der Waals surface area contributed by atoms with Crippen molar-refractivity contribution in [2.24, 2.45) is 0 Å². The number of ether oxygens (including phenoxy) is 2. The number of oxazole rings is 1. The number of rotatable bonds is 5. The maximum Gasteiger partial charge on any atom is 0.344 e. The standard InChI is InChI=1S/C16H18FNO4/c1-16(2,3)13-8-18-14(22-13)9-21-15(19)10-20-12-7-5-4-6-11(12)17/h4-8H,9-10H2,1-3H3. The van der Waals surface area contributed by atoms with Crippen molar-refractivity contribution >= 4 is 5.97 Å². The van der Waals surface area contributed by atoms with E-state index in [0.29, 0.717) is 11.7 Å². The fourth-order valence-corrected chi connectivity index (χ4v) is 1.61. The van der Waals surface area contributed by atoms with Crippen LogP contribution in [0.5, 0.6) is 5.75 Å². The fraction of sp³-hybridized carbons (Fsp3) is 0.375. The van der Waals surface area contributed by atoms with E-state index in [1.54, 1.807) is 12.3 Å². The molecule has 5 nitrogen and oxygen atoms in total. The van der Waals surface area contributed by atoms with Crippen molar-refractivity contribution in [1.29, 1.82) is 0 Å². The zero-order valence-electron chi connectivity index (χ0n) is 12.8. The van der Waals surface area contributed by atoms with Crippen LogP contribution in [0, 0.1) is 5.82 Å². The van der Waals surface area contributed by atoms with Gasteiger partial charge in [0, 0.05) is 5.41 Å². The second kappa shape index (κ2) is 6.60. The third-order valence-corrected chi connectivity index (χ3v) is 2.83. The summed E-state index contributed by atoms with van der Waals surface area (Å²) in [5.74, 6) is -0.132. The summed E-state index contributed by atoms with van der Waals surface area (Å²) < 4.78 is 28.8.